The largest absolute Gasteiger partial charge is 0.334 e. The summed E-state index contributed by atoms with van der Waals surface area (Å²) in [4.78, 5) is 4.09. The van der Waals surface area contributed by atoms with Gasteiger partial charge >= 0.3 is 0 Å². The van der Waals surface area contributed by atoms with Crippen LogP contribution >= 0.6 is 0 Å². The van der Waals surface area contributed by atoms with Crippen molar-refractivity contribution in [2.75, 3.05) is 0 Å². The van der Waals surface area contributed by atoms with Crippen LogP contribution in [0.3, 0.4) is 0 Å². The normalized spacial score (nSPS) is 11.2. The van der Waals surface area contributed by atoms with E-state index >= 15 is 0 Å². The third kappa shape index (κ3) is 3.33. The van der Waals surface area contributed by atoms with Crippen molar-refractivity contribution in [2.45, 2.75) is 26.2 Å². The van der Waals surface area contributed by atoms with Gasteiger partial charge in [0.25, 0.3) is 0 Å². The lowest BCUT2D eigenvalue weighted by Gasteiger charge is -2.03. The smallest absolute Gasteiger partial charge is 0.0948 e. The summed E-state index contributed by atoms with van der Waals surface area (Å²) in [6, 6.07) is 8.62. The summed E-state index contributed by atoms with van der Waals surface area (Å²) in [6.45, 7) is 2.18. The van der Waals surface area contributed by atoms with Crippen LogP contribution in [0.5, 0.6) is 0 Å². The second-order valence-electron chi connectivity index (χ2n) is 4.65. The molecule has 2 aromatic rings. The molecule has 0 unspecified atom stereocenters. The van der Waals surface area contributed by atoms with Gasteiger partial charge in [-0.25, -0.2) is 4.98 Å². The molecule has 0 atom stereocenters. The Hall–Kier alpha value is -1.83. The van der Waals surface area contributed by atoms with Gasteiger partial charge in [0.15, 0.2) is 0 Å². The number of nitrogens with zero attached hydrogens (tertiary/aromatic N) is 2. The molecular formula is C16H20N2. The Morgan fingerprint density at radius 1 is 1.28 bits per heavy atom. The molecule has 0 aliphatic heterocycles. The van der Waals surface area contributed by atoms with Crippen molar-refractivity contribution in [2.24, 2.45) is 7.05 Å². The van der Waals surface area contributed by atoms with Gasteiger partial charge < -0.3 is 4.57 Å². The number of aryl methyl sites for hydroxylation is 3. The van der Waals surface area contributed by atoms with Gasteiger partial charge in [0.05, 0.1) is 18.2 Å². The van der Waals surface area contributed by atoms with Crippen LogP contribution in [0.15, 0.2) is 42.9 Å². The van der Waals surface area contributed by atoms with Gasteiger partial charge in [0, 0.05) is 7.05 Å². The molecule has 94 valence electrons. The second-order valence-corrected chi connectivity index (χ2v) is 4.65. The summed E-state index contributed by atoms with van der Waals surface area (Å²) in [5, 5.41) is 0. The average molecular weight is 240 g/mol. The van der Waals surface area contributed by atoms with E-state index < -0.39 is 0 Å². The van der Waals surface area contributed by atoms with E-state index in [9.17, 15) is 0 Å². The molecule has 18 heavy (non-hydrogen) atoms. The fourth-order valence-corrected chi connectivity index (χ4v) is 2.03. The number of hydrogen-bond donors (Lipinski definition) is 0. The van der Waals surface area contributed by atoms with E-state index in [1.165, 1.54) is 17.5 Å². The van der Waals surface area contributed by atoms with E-state index in [2.05, 4.69) is 48.3 Å². The fourth-order valence-electron chi connectivity index (χ4n) is 2.03. The Kier molecular flexibility index (Phi) is 4.35. The first-order valence-electron chi connectivity index (χ1n) is 6.45. The summed E-state index contributed by atoms with van der Waals surface area (Å²) >= 11 is 0. The molecule has 1 aromatic heterocycles. The SMILES string of the molecule is Cc1ccccc1CCCC=Cc1cncn1C. The zero-order valence-corrected chi connectivity index (χ0v) is 11.1. The molecule has 0 aliphatic carbocycles. The van der Waals surface area contributed by atoms with Gasteiger partial charge in [-0.3, -0.25) is 0 Å². The molecule has 0 saturated carbocycles. The first-order valence-corrected chi connectivity index (χ1v) is 6.45. The number of benzene rings is 1. The van der Waals surface area contributed by atoms with E-state index in [1.54, 1.807) is 0 Å². The summed E-state index contributed by atoms with van der Waals surface area (Å²) in [6.07, 6.45) is 11.5. The van der Waals surface area contributed by atoms with E-state index in [0.29, 0.717) is 0 Å². The minimum Gasteiger partial charge on any atom is -0.334 e. The summed E-state index contributed by atoms with van der Waals surface area (Å²) in [7, 11) is 2.01. The highest BCUT2D eigenvalue weighted by atomic mass is 15.0. The average Bonchev–Trinajstić information content (AvgIpc) is 2.77. The molecular weight excluding hydrogens is 220 g/mol. The monoisotopic (exact) mass is 240 g/mol. The van der Waals surface area contributed by atoms with Crippen molar-refractivity contribution in [1.82, 2.24) is 9.55 Å². The van der Waals surface area contributed by atoms with Crippen molar-refractivity contribution in [3.8, 4) is 0 Å². The number of unbranched alkanes of at least 4 members (excludes halogenated alkanes) is 1. The summed E-state index contributed by atoms with van der Waals surface area (Å²) in [5.74, 6) is 0. The number of aromatic nitrogens is 2. The van der Waals surface area contributed by atoms with Gasteiger partial charge in [-0.15, -0.1) is 0 Å². The van der Waals surface area contributed by atoms with Crippen LogP contribution in [0, 0.1) is 6.92 Å². The number of hydrogen-bond acceptors (Lipinski definition) is 1. The summed E-state index contributed by atoms with van der Waals surface area (Å²) in [5.41, 5.74) is 4.02. The Morgan fingerprint density at radius 2 is 2.11 bits per heavy atom. The molecule has 0 spiro atoms. The summed E-state index contributed by atoms with van der Waals surface area (Å²) < 4.78 is 2.03. The highest BCUT2D eigenvalue weighted by molar-refractivity contribution is 5.43. The van der Waals surface area contributed by atoms with Crippen LogP contribution < -0.4 is 0 Å². The van der Waals surface area contributed by atoms with Gasteiger partial charge in [-0.1, -0.05) is 30.3 Å². The van der Waals surface area contributed by atoms with Crippen LogP contribution in [0.1, 0.15) is 29.7 Å². The predicted octanol–water partition coefficient (Wildman–Crippen LogP) is 3.76. The van der Waals surface area contributed by atoms with Crippen molar-refractivity contribution >= 4 is 6.08 Å². The van der Waals surface area contributed by atoms with Crippen molar-refractivity contribution < 1.29 is 0 Å². The Morgan fingerprint density at radius 3 is 2.83 bits per heavy atom. The third-order valence-corrected chi connectivity index (χ3v) is 3.22. The van der Waals surface area contributed by atoms with Gasteiger partial charge in [-0.05, 0) is 43.4 Å². The third-order valence-electron chi connectivity index (χ3n) is 3.22. The maximum Gasteiger partial charge on any atom is 0.0948 e. The minimum absolute atomic E-state index is 1.11. The van der Waals surface area contributed by atoms with Crippen LogP contribution in [0.4, 0.5) is 0 Å². The van der Waals surface area contributed by atoms with Crippen LogP contribution in [0.25, 0.3) is 6.08 Å². The van der Waals surface area contributed by atoms with E-state index in [0.717, 1.165) is 18.5 Å². The maximum atomic E-state index is 4.09. The predicted molar refractivity (Wildman–Crippen MR) is 76.4 cm³/mol. The van der Waals surface area contributed by atoms with Crippen molar-refractivity contribution in [3.63, 3.8) is 0 Å². The number of rotatable bonds is 5. The topological polar surface area (TPSA) is 17.8 Å². The van der Waals surface area contributed by atoms with E-state index in [-0.39, 0.29) is 0 Å². The molecule has 0 radical (unpaired) electrons. The highest BCUT2D eigenvalue weighted by Crippen LogP contribution is 2.11. The van der Waals surface area contributed by atoms with Crippen LogP contribution in [0.2, 0.25) is 0 Å². The Labute approximate surface area is 109 Å². The molecule has 0 fully saturated rings. The van der Waals surface area contributed by atoms with E-state index in [4.69, 9.17) is 0 Å². The van der Waals surface area contributed by atoms with Crippen molar-refractivity contribution in [1.29, 1.82) is 0 Å². The first-order chi connectivity index (χ1) is 8.77. The molecule has 2 rings (SSSR count). The molecule has 1 heterocycles. The van der Waals surface area contributed by atoms with Crippen LogP contribution in [-0.2, 0) is 13.5 Å². The first kappa shape index (κ1) is 12.6. The van der Waals surface area contributed by atoms with Crippen LogP contribution in [-0.4, -0.2) is 9.55 Å². The molecule has 0 saturated heterocycles. The lowest BCUT2D eigenvalue weighted by Crippen LogP contribution is -1.89. The molecule has 0 aliphatic rings. The molecule has 1 aromatic carbocycles. The Balaban J connectivity index is 1.78. The molecule has 0 N–H and O–H groups in total. The molecule has 2 heteroatoms. The molecule has 2 nitrogen and oxygen atoms in total. The molecule has 0 bridgehead atoms. The quantitative estimate of drug-likeness (QED) is 0.727. The zero-order valence-electron chi connectivity index (χ0n) is 11.1. The highest BCUT2D eigenvalue weighted by Gasteiger charge is 1.96. The van der Waals surface area contributed by atoms with Crippen molar-refractivity contribution in [3.05, 3.63) is 59.7 Å². The van der Waals surface area contributed by atoms with E-state index in [1.807, 2.05) is 24.1 Å². The minimum atomic E-state index is 1.11. The molecule has 0 amide bonds. The van der Waals surface area contributed by atoms with Gasteiger partial charge in [0.1, 0.15) is 0 Å². The van der Waals surface area contributed by atoms with Gasteiger partial charge in [0.2, 0.25) is 0 Å². The Bertz CT molecular complexity index is 523. The lowest BCUT2D eigenvalue weighted by molar-refractivity contribution is 0.838. The number of allylic oxidation sites excluding steroid dienone is 1. The maximum absolute atomic E-state index is 4.09. The fraction of sp³-hybridized carbons (Fsp3) is 0.312. The zero-order chi connectivity index (χ0) is 12.8. The van der Waals surface area contributed by atoms with Gasteiger partial charge in [-0.2, -0.15) is 0 Å². The number of imidazole rings is 1. The standard InChI is InChI=1S/C16H20N2/c1-14-8-6-7-10-15(14)9-4-3-5-11-16-12-17-13-18(16)2/h5-8,10-13H,3-4,9H2,1-2H3. The second kappa shape index (κ2) is 6.20. The lowest BCUT2D eigenvalue weighted by atomic mass is 10.0.